The highest BCUT2D eigenvalue weighted by Gasteiger charge is 2.39. The Balaban J connectivity index is 1.95. The highest BCUT2D eigenvalue weighted by molar-refractivity contribution is 7.98. The molecule has 6 nitrogen and oxygen atoms in total. The highest BCUT2D eigenvalue weighted by atomic mass is 35.5. The number of hydrogen-bond acceptors (Lipinski definition) is 6. The molecule has 31 heavy (non-hydrogen) atoms. The van der Waals surface area contributed by atoms with Crippen molar-refractivity contribution in [3.8, 4) is 16.9 Å². The third-order valence-corrected chi connectivity index (χ3v) is 11.3. The topological polar surface area (TPSA) is 65.2 Å². The van der Waals surface area contributed by atoms with Crippen LogP contribution < -0.4 is 4.43 Å². The predicted octanol–water partition coefficient (Wildman–Crippen LogP) is 6.41. The molecule has 4 rings (SSSR count). The molecule has 0 amide bonds. The van der Waals surface area contributed by atoms with Crippen LogP contribution in [0.25, 0.3) is 27.8 Å². The molecule has 0 saturated heterocycles. The van der Waals surface area contributed by atoms with Crippen LogP contribution in [-0.4, -0.2) is 39.1 Å². The van der Waals surface area contributed by atoms with E-state index in [0.29, 0.717) is 15.8 Å². The minimum Gasteiger partial charge on any atom is -0.543 e. The first kappa shape index (κ1) is 22.0. The number of hydrogen-bond donors (Lipinski definition) is 0. The van der Waals surface area contributed by atoms with Gasteiger partial charge in [-0.3, -0.25) is 4.40 Å². The highest BCUT2D eigenvalue weighted by Crippen LogP contribution is 2.43. The molecular formula is C22H26ClN5OSSi. The van der Waals surface area contributed by atoms with Crippen LogP contribution in [0.4, 0.5) is 0 Å². The van der Waals surface area contributed by atoms with Crippen molar-refractivity contribution in [1.82, 2.24) is 24.6 Å². The van der Waals surface area contributed by atoms with Gasteiger partial charge in [0.15, 0.2) is 16.5 Å². The van der Waals surface area contributed by atoms with E-state index in [-0.39, 0.29) is 5.04 Å². The van der Waals surface area contributed by atoms with Crippen molar-refractivity contribution in [2.75, 3.05) is 6.26 Å². The second kappa shape index (κ2) is 7.76. The molecule has 0 atom stereocenters. The Labute approximate surface area is 192 Å². The number of thioether (sulfide) groups is 1. The van der Waals surface area contributed by atoms with Crippen molar-refractivity contribution in [3.05, 3.63) is 41.3 Å². The lowest BCUT2D eigenvalue weighted by Gasteiger charge is -2.37. The number of halogens is 1. The van der Waals surface area contributed by atoms with Gasteiger partial charge in [-0.1, -0.05) is 44.1 Å². The van der Waals surface area contributed by atoms with Crippen molar-refractivity contribution in [3.63, 3.8) is 0 Å². The summed E-state index contributed by atoms with van der Waals surface area (Å²) in [5, 5.41) is 10.9. The van der Waals surface area contributed by atoms with Crippen molar-refractivity contribution in [1.29, 1.82) is 0 Å². The van der Waals surface area contributed by atoms with E-state index in [9.17, 15) is 0 Å². The maximum atomic E-state index is 6.73. The van der Waals surface area contributed by atoms with E-state index < -0.39 is 8.32 Å². The zero-order valence-corrected chi connectivity index (χ0v) is 21.4. The Hall–Kier alpha value is -2.16. The summed E-state index contributed by atoms with van der Waals surface area (Å²) in [6, 6.07) is 5.90. The second-order valence-electron chi connectivity index (χ2n) is 9.13. The first-order valence-electron chi connectivity index (χ1n) is 10.1. The second-order valence-corrected chi connectivity index (χ2v) is 15.0. The molecule has 0 aliphatic carbocycles. The SMILES string of the molecule is CSc1ncc2cc(-c3c(Cl)ccc(O[Si](C)(C)C(C)(C)C)c3C)c3nncn3c2n1. The molecule has 0 fully saturated rings. The van der Waals surface area contributed by atoms with Gasteiger partial charge in [-0.25, -0.2) is 9.97 Å². The Morgan fingerprint density at radius 2 is 1.90 bits per heavy atom. The first-order valence-corrected chi connectivity index (χ1v) is 14.6. The van der Waals surface area contributed by atoms with Gasteiger partial charge in [0.25, 0.3) is 0 Å². The van der Waals surface area contributed by atoms with Crippen LogP contribution in [0.5, 0.6) is 5.75 Å². The van der Waals surface area contributed by atoms with Gasteiger partial charge in [-0.15, -0.1) is 10.2 Å². The zero-order valence-electron chi connectivity index (χ0n) is 18.8. The van der Waals surface area contributed by atoms with Crippen LogP contribution in [0.3, 0.4) is 0 Å². The van der Waals surface area contributed by atoms with Crippen LogP contribution in [0, 0.1) is 6.92 Å². The van der Waals surface area contributed by atoms with Gasteiger partial charge in [0.05, 0.1) is 0 Å². The summed E-state index contributed by atoms with van der Waals surface area (Å²) in [4.78, 5) is 9.08. The van der Waals surface area contributed by atoms with Crippen LogP contribution in [0.1, 0.15) is 26.3 Å². The van der Waals surface area contributed by atoms with Gasteiger partial charge >= 0.3 is 0 Å². The van der Waals surface area contributed by atoms with Crippen molar-refractivity contribution < 1.29 is 4.43 Å². The van der Waals surface area contributed by atoms with Gasteiger partial charge in [-0.2, -0.15) is 0 Å². The van der Waals surface area contributed by atoms with Gasteiger partial charge in [0.1, 0.15) is 12.1 Å². The van der Waals surface area contributed by atoms with E-state index in [0.717, 1.165) is 33.5 Å². The van der Waals surface area contributed by atoms with Crippen LogP contribution in [-0.2, 0) is 0 Å². The molecule has 9 heteroatoms. The summed E-state index contributed by atoms with van der Waals surface area (Å²) >= 11 is 8.23. The molecule has 0 spiro atoms. The quantitative estimate of drug-likeness (QED) is 0.195. The summed E-state index contributed by atoms with van der Waals surface area (Å²) in [5.41, 5.74) is 4.24. The van der Waals surface area contributed by atoms with Gasteiger partial charge in [0.2, 0.25) is 8.32 Å². The first-order chi connectivity index (χ1) is 14.5. The Morgan fingerprint density at radius 3 is 2.58 bits per heavy atom. The van der Waals surface area contributed by atoms with E-state index in [4.69, 9.17) is 16.0 Å². The Kier molecular flexibility index (Phi) is 5.52. The van der Waals surface area contributed by atoms with Crippen LogP contribution in [0.2, 0.25) is 23.2 Å². The fourth-order valence-corrected chi connectivity index (χ4v) is 4.99. The summed E-state index contributed by atoms with van der Waals surface area (Å²) < 4.78 is 8.53. The number of pyridine rings is 1. The molecule has 0 N–H and O–H groups in total. The normalized spacial score (nSPS) is 12.6. The van der Waals surface area contributed by atoms with Crippen molar-refractivity contribution >= 4 is 48.4 Å². The minimum absolute atomic E-state index is 0.0921. The molecule has 3 aromatic heterocycles. The van der Waals surface area contributed by atoms with E-state index in [1.807, 2.05) is 42.0 Å². The molecule has 0 saturated carbocycles. The van der Waals surface area contributed by atoms with E-state index >= 15 is 0 Å². The number of benzene rings is 1. The lowest BCUT2D eigenvalue weighted by Crippen LogP contribution is -2.44. The number of aromatic nitrogens is 5. The number of fused-ring (bicyclic) bond motifs is 3. The standard InChI is InChI=1S/C22H26ClN5OSSi/c1-13-17(29-31(6,7)22(2,3)4)9-8-16(23)18(13)15-10-14-11-24-21(30-5)26-19(14)28-12-25-27-20(15)28/h8-12H,1-7H3. The number of rotatable bonds is 4. The summed E-state index contributed by atoms with van der Waals surface area (Å²) in [5.74, 6) is 0.859. The number of nitrogens with zero attached hydrogens (tertiary/aromatic N) is 5. The predicted molar refractivity (Wildman–Crippen MR) is 131 cm³/mol. The fraction of sp³-hybridized carbons (Fsp3) is 0.364. The molecular weight excluding hydrogens is 446 g/mol. The van der Waals surface area contributed by atoms with Gasteiger partial charge in [0, 0.05) is 27.7 Å². The van der Waals surface area contributed by atoms with E-state index in [2.05, 4.69) is 54.0 Å². The lowest BCUT2D eigenvalue weighted by atomic mass is 10.00. The molecule has 1 aromatic carbocycles. The van der Waals surface area contributed by atoms with Crippen molar-refractivity contribution in [2.24, 2.45) is 0 Å². The molecule has 162 valence electrons. The largest absolute Gasteiger partial charge is 0.543 e. The maximum absolute atomic E-state index is 6.73. The third-order valence-electron chi connectivity index (χ3n) is 6.08. The van der Waals surface area contributed by atoms with Gasteiger partial charge in [-0.05, 0) is 55.1 Å². The average molecular weight is 472 g/mol. The summed E-state index contributed by atoms with van der Waals surface area (Å²) in [6.07, 6.45) is 5.46. The molecule has 4 aromatic rings. The smallest absolute Gasteiger partial charge is 0.250 e. The van der Waals surface area contributed by atoms with Crippen LogP contribution >= 0.6 is 23.4 Å². The lowest BCUT2D eigenvalue weighted by molar-refractivity contribution is 0.489. The van der Waals surface area contributed by atoms with Gasteiger partial charge < -0.3 is 4.43 Å². The van der Waals surface area contributed by atoms with E-state index in [1.54, 1.807) is 6.33 Å². The Morgan fingerprint density at radius 1 is 1.16 bits per heavy atom. The molecule has 0 radical (unpaired) electrons. The molecule has 0 bridgehead atoms. The third kappa shape index (κ3) is 3.81. The maximum Gasteiger partial charge on any atom is 0.250 e. The minimum atomic E-state index is -2.01. The molecule has 0 aliphatic rings. The zero-order chi connectivity index (χ0) is 22.6. The van der Waals surface area contributed by atoms with Crippen LogP contribution in [0.15, 0.2) is 35.9 Å². The van der Waals surface area contributed by atoms with Crippen molar-refractivity contribution in [2.45, 2.75) is 51.0 Å². The fourth-order valence-electron chi connectivity index (χ4n) is 3.27. The molecule has 0 aliphatic heterocycles. The molecule has 0 unspecified atom stereocenters. The summed E-state index contributed by atoms with van der Waals surface area (Å²) in [7, 11) is -2.01. The summed E-state index contributed by atoms with van der Waals surface area (Å²) in [6.45, 7) is 13.2. The van der Waals surface area contributed by atoms with E-state index in [1.165, 1.54) is 11.8 Å². The monoisotopic (exact) mass is 471 g/mol. The molecule has 3 heterocycles. The Bertz CT molecular complexity index is 1300. The average Bonchev–Trinajstić information content (AvgIpc) is 3.19.